The maximum absolute atomic E-state index is 11.8. The van der Waals surface area contributed by atoms with Crippen LogP contribution in [-0.2, 0) is 10.0 Å². The van der Waals surface area contributed by atoms with Crippen LogP contribution in [0.15, 0.2) is 28.2 Å². The van der Waals surface area contributed by atoms with Gasteiger partial charge in [-0.1, -0.05) is 6.92 Å². The Morgan fingerprint density at radius 2 is 2.18 bits per heavy atom. The molecule has 17 heavy (non-hydrogen) atoms. The summed E-state index contributed by atoms with van der Waals surface area (Å²) in [4.78, 5) is 15.7. The van der Waals surface area contributed by atoms with Gasteiger partial charge in [0.15, 0.2) is 0 Å². The summed E-state index contributed by atoms with van der Waals surface area (Å²) in [5, 5.41) is 0. The number of nitrogens with one attached hydrogen (secondary N) is 2. The SMILES string of the molecule is CCN(C)CCNS(=O)(=O)c1c[nH]ccc1=O. The van der Waals surface area contributed by atoms with Gasteiger partial charge in [0.25, 0.3) is 0 Å². The van der Waals surface area contributed by atoms with Crippen LogP contribution in [0.5, 0.6) is 0 Å². The van der Waals surface area contributed by atoms with Crippen molar-refractivity contribution in [3.8, 4) is 0 Å². The van der Waals surface area contributed by atoms with E-state index in [1.807, 2.05) is 18.9 Å². The van der Waals surface area contributed by atoms with Crippen molar-refractivity contribution in [2.24, 2.45) is 0 Å². The van der Waals surface area contributed by atoms with Gasteiger partial charge < -0.3 is 9.88 Å². The zero-order valence-corrected chi connectivity index (χ0v) is 10.8. The van der Waals surface area contributed by atoms with Gasteiger partial charge in [-0.15, -0.1) is 0 Å². The van der Waals surface area contributed by atoms with Crippen molar-refractivity contribution >= 4 is 10.0 Å². The zero-order chi connectivity index (χ0) is 12.9. The lowest BCUT2D eigenvalue weighted by atomic mass is 10.5. The van der Waals surface area contributed by atoms with E-state index >= 15 is 0 Å². The molecule has 1 heterocycles. The van der Waals surface area contributed by atoms with Crippen LogP contribution in [-0.4, -0.2) is 45.0 Å². The smallest absolute Gasteiger partial charge is 0.245 e. The number of likely N-dealkylation sites (N-methyl/N-ethyl adjacent to an activating group) is 1. The number of hydrogen-bond acceptors (Lipinski definition) is 4. The number of hydrogen-bond donors (Lipinski definition) is 2. The average molecular weight is 259 g/mol. The van der Waals surface area contributed by atoms with Crippen molar-refractivity contribution in [1.82, 2.24) is 14.6 Å². The summed E-state index contributed by atoms with van der Waals surface area (Å²) in [7, 11) is -1.82. The van der Waals surface area contributed by atoms with E-state index in [0.29, 0.717) is 6.54 Å². The molecular weight excluding hydrogens is 242 g/mol. The van der Waals surface area contributed by atoms with Gasteiger partial charge in [0.2, 0.25) is 15.5 Å². The molecule has 6 nitrogen and oxygen atoms in total. The molecule has 7 heteroatoms. The predicted molar refractivity (Wildman–Crippen MR) is 65.4 cm³/mol. The van der Waals surface area contributed by atoms with Crippen molar-refractivity contribution in [3.05, 3.63) is 28.7 Å². The molecule has 0 spiro atoms. The van der Waals surface area contributed by atoms with Crippen molar-refractivity contribution in [1.29, 1.82) is 0 Å². The first-order chi connectivity index (χ1) is 7.97. The molecule has 0 amide bonds. The number of nitrogens with zero attached hydrogens (tertiary/aromatic N) is 1. The molecule has 0 aliphatic heterocycles. The van der Waals surface area contributed by atoms with Gasteiger partial charge in [0.1, 0.15) is 4.90 Å². The summed E-state index contributed by atoms with van der Waals surface area (Å²) in [5.41, 5.74) is -0.514. The van der Waals surface area contributed by atoms with E-state index in [9.17, 15) is 13.2 Å². The summed E-state index contributed by atoms with van der Waals surface area (Å²) in [6.07, 6.45) is 2.58. The van der Waals surface area contributed by atoms with Crippen LogP contribution in [0.3, 0.4) is 0 Å². The topological polar surface area (TPSA) is 82.3 Å². The summed E-state index contributed by atoms with van der Waals surface area (Å²) in [5.74, 6) is 0. The Labute approximate surface area is 101 Å². The van der Waals surface area contributed by atoms with Crippen LogP contribution in [0.1, 0.15) is 6.92 Å². The summed E-state index contributed by atoms with van der Waals surface area (Å²) < 4.78 is 25.9. The monoisotopic (exact) mass is 259 g/mol. The van der Waals surface area contributed by atoms with Gasteiger partial charge in [-0.3, -0.25) is 4.79 Å². The average Bonchev–Trinajstić information content (AvgIpc) is 2.28. The van der Waals surface area contributed by atoms with E-state index in [-0.39, 0.29) is 11.4 Å². The molecule has 0 atom stereocenters. The van der Waals surface area contributed by atoms with Gasteiger partial charge in [0.05, 0.1) is 0 Å². The zero-order valence-electron chi connectivity index (χ0n) is 9.93. The maximum atomic E-state index is 11.8. The number of rotatable bonds is 6. The fourth-order valence-electron chi connectivity index (χ4n) is 1.22. The van der Waals surface area contributed by atoms with E-state index in [1.165, 1.54) is 18.5 Å². The molecule has 0 unspecified atom stereocenters. The predicted octanol–water partition coefficient (Wildman–Crippen LogP) is -0.395. The third-order valence-electron chi connectivity index (χ3n) is 2.40. The molecule has 1 rings (SSSR count). The summed E-state index contributed by atoms with van der Waals surface area (Å²) in [6, 6.07) is 1.19. The molecule has 0 radical (unpaired) electrons. The van der Waals surface area contributed by atoms with Crippen LogP contribution in [0, 0.1) is 0 Å². The molecule has 1 aromatic rings. The Morgan fingerprint density at radius 1 is 1.47 bits per heavy atom. The first kappa shape index (κ1) is 13.9. The van der Waals surface area contributed by atoms with Crippen molar-refractivity contribution < 1.29 is 8.42 Å². The Kier molecular flexibility index (Phi) is 4.86. The number of pyridine rings is 1. The fraction of sp³-hybridized carbons (Fsp3) is 0.500. The van der Waals surface area contributed by atoms with Gasteiger partial charge in [-0.25, -0.2) is 13.1 Å². The highest BCUT2D eigenvalue weighted by Gasteiger charge is 2.16. The minimum atomic E-state index is -3.72. The normalized spacial score (nSPS) is 11.9. The molecule has 96 valence electrons. The second-order valence-corrected chi connectivity index (χ2v) is 5.40. The van der Waals surface area contributed by atoms with E-state index in [2.05, 4.69) is 9.71 Å². The molecule has 1 aromatic heterocycles. The number of aromatic nitrogens is 1. The Morgan fingerprint density at radius 3 is 2.76 bits per heavy atom. The number of sulfonamides is 1. The van der Waals surface area contributed by atoms with Crippen LogP contribution in [0.2, 0.25) is 0 Å². The lowest BCUT2D eigenvalue weighted by Crippen LogP contribution is -2.34. The number of H-pyrrole nitrogens is 1. The molecular formula is C10H17N3O3S. The lowest BCUT2D eigenvalue weighted by Gasteiger charge is -2.13. The third-order valence-corrected chi connectivity index (χ3v) is 3.89. The van der Waals surface area contributed by atoms with Gasteiger partial charge in [0, 0.05) is 31.5 Å². The molecule has 0 saturated heterocycles. The highest BCUT2D eigenvalue weighted by atomic mass is 32.2. The van der Waals surface area contributed by atoms with Crippen LogP contribution in [0.25, 0.3) is 0 Å². The Hall–Kier alpha value is -1.18. The van der Waals surface area contributed by atoms with Crippen LogP contribution < -0.4 is 10.2 Å². The van der Waals surface area contributed by atoms with Crippen LogP contribution in [0.4, 0.5) is 0 Å². The second kappa shape index (κ2) is 5.95. The fourth-order valence-corrected chi connectivity index (χ4v) is 2.29. The van der Waals surface area contributed by atoms with E-state index in [4.69, 9.17) is 0 Å². The highest BCUT2D eigenvalue weighted by molar-refractivity contribution is 7.89. The maximum Gasteiger partial charge on any atom is 0.245 e. The molecule has 0 saturated carbocycles. The molecule has 0 aromatic carbocycles. The summed E-state index contributed by atoms with van der Waals surface area (Å²) in [6.45, 7) is 3.70. The molecule has 0 aliphatic carbocycles. The van der Waals surface area contributed by atoms with E-state index in [1.54, 1.807) is 0 Å². The first-order valence-electron chi connectivity index (χ1n) is 5.32. The van der Waals surface area contributed by atoms with Gasteiger partial charge in [-0.05, 0) is 13.6 Å². The van der Waals surface area contributed by atoms with Gasteiger partial charge >= 0.3 is 0 Å². The minimum absolute atomic E-state index is 0.251. The lowest BCUT2D eigenvalue weighted by molar-refractivity contribution is 0.358. The van der Waals surface area contributed by atoms with E-state index < -0.39 is 15.5 Å². The number of aromatic amines is 1. The van der Waals surface area contributed by atoms with E-state index in [0.717, 1.165) is 6.54 Å². The Bertz CT molecular complexity index is 510. The first-order valence-corrected chi connectivity index (χ1v) is 6.81. The quantitative estimate of drug-likeness (QED) is 0.728. The van der Waals surface area contributed by atoms with Gasteiger partial charge in [-0.2, -0.15) is 0 Å². The molecule has 0 aliphatic rings. The largest absolute Gasteiger partial charge is 0.366 e. The highest BCUT2D eigenvalue weighted by Crippen LogP contribution is 1.98. The van der Waals surface area contributed by atoms with Crippen molar-refractivity contribution in [2.75, 3.05) is 26.7 Å². The minimum Gasteiger partial charge on any atom is -0.366 e. The Balaban J connectivity index is 2.71. The second-order valence-electron chi connectivity index (χ2n) is 3.67. The van der Waals surface area contributed by atoms with Crippen molar-refractivity contribution in [2.45, 2.75) is 11.8 Å². The standard InChI is InChI=1S/C10H17N3O3S/c1-3-13(2)7-6-12-17(15,16)10-8-11-5-4-9(10)14/h4-5,8,12H,3,6-7H2,1-2H3,(H,11,14). The van der Waals surface area contributed by atoms with Crippen LogP contribution >= 0.6 is 0 Å². The molecule has 0 fully saturated rings. The molecule has 2 N–H and O–H groups in total. The molecule has 0 bridgehead atoms. The van der Waals surface area contributed by atoms with Crippen molar-refractivity contribution in [3.63, 3.8) is 0 Å². The summed E-state index contributed by atoms with van der Waals surface area (Å²) >= 11 is 0. The third kappa shape index (κ3) is 3.95.